The number of ether oxygens (including phenoxy) is 2. The Morgan fingerprint density at radius 3 is 2.38 bits per heavy atom. The fourth-order valence-corrected chi connectivity index (χ4v) is 2.01. The highest BCUT2D eigenvalue weighted by atomic mass is 16.5. The molecule has 1 rings (SSSR count). The van der Waals surface area contributed by atoms with Crippen LogP contribution >= 0.6 is 0 Å². The van der Waals surface area contributed by atoms with Gasteiger partial charge in [-0.25, -0.2) is 9.59 Å². The third kappa shape index (κ3) is 10.1. The number of aliphatic imine (C=N–C) groups is 1. The molecule has 0 bridgehead atoms. The van der Waals surface area contributed by atoms with Crippen molar-refractivity contribution < 1.29 is 23.9 Å². The van der Waals surface area contributed by atoms with E-state index in [-0.39, 0.29) is 36.9 Å². The van der Waals surface area contributed by atoms with Gasteiger partial charge in [0.15, 0.2) is 0 Å². The Labute approximate surface area is 172 Å². The van der Waals surface area contributed by atoms with Crippen molar-refractivity contribution in [1.82, 2.24) is 4.98 Å². The second kappa shape index (κ2) is 14.9. The van der Waals surface area contributed by atoms with Gasteiger partial charge in [-0.1, -0.05) is 40.3 Å². The molecular weight excluding hydrogens is 372 g/mol. The van der Waals surface area contributed by atoms with E-state index in [1.165, 1.54) is 18.5 Å². The summed E-state index contributed by atoms with van der Waals surface area (Å²) in [6.07, 6.45) is 5.58. The van der Waals surface area contributed by atoms with Gasteiger partial charge in [0.2, 0.25) is 0 Å². The van der Waals surface area contributed by atoms with Gasteiger partial charge in [0.1, 0.15) is 5.78 Å². The van der Waals surface area contributed by atoms with Crippen molar-refractivity contribution in [1.29, 1.82) is 0 Å². The molecule has 0 fully saturated rings. The van der Waals surface area contributed by atoms with E-state index in [4.69, 9.17) is 9.47 Å². The molecule has 1 unspecified atom stereocenters. The number of pyridine rings is 1. The van der Waals surface area contributed by atoms with Crippen molar-refractivity contribution in [3.05, 3.63) is 54.5 Å². The first kappa shape index (κ1) is 25.9. The number of carbonyl (C=O) groups excluding carboxylic acids is 3. The molecule has 1 heterocycles. The predicted octanol–water partition coefficient (Wildman–Crippen LogP) is 3.81. The number of nitrogens with zero attached hydrogens (tertiary/aromatic N) is 2. The van der Waals surface area contributed by atoms with Crippen LogP contribution in [0.1, 0.15) is 44.5 Å². The minimum absolute atomic E-state index is 0.0132. The molecular formula is C22H30N2O5. The van der Waals surface area contributed by atoms with Gasteiger partial charge in [0.05, 0.1) is 24.4 Å². The van der Waals surface area contributed by atoms with Crippen LogP contribution in [0, 0.1) is 11.8 Å². The summed E-state index contributed by atoms with van der Waals surface area (Å²) in [5.41, 5.74) is 0.448. The number of hydrogen-bond acceptors (Lipinski definition) is 7. The normalized spacial score (nSPS) is 11.6. The van der Waals surface area contributed by atoms with Crippen molar-refractivity contribution in [2.24, 2.45) is 16.8 Å². The lowest BCUT2D eigenvalue weighted by molar-refractivity contribution is -0.141. The molecule has 0 aliphatic heterocycles. The van der Waals surface area contributed by atoms with Gasteiger partial charge < -0.3 is 9.47 Å². The van der Waals surface area contributed by atoms with Crippen LogP contribution in [0.2, 0.25) is 0 Å². The highest BCUT2D eigenvalue weighted by Gasteiger charge is 2.21. The van der Waals surface area contributed by atoms with E-state index >= 15 is 0 Å². The Morgan fingerprint density at radius 2 is 1.86 bits per heavy atom. The van der Waals surface area contributed by atoms with Crippen molar-refractivity contribution in [3.63, 3.8) is 0 Å². The lowest BCUT2D eigenvalue weighted by Gasteiger charge is -2.17. The zero-order valence-corrected chi connectivity index (χ0v) is 17.6. The topological polar surface area (TPSA) is 94.9 Å². The first-order valence-corrected chi connectivity index (χ1v) is 9.44. The van der Waals surface area contributed by atoms with E-state index in [1.807, 2.05) is 13.8 Å². The van der Waals surface area contributed by atoms with Crippen LogP contribution in [-0.2, 0) is 19.1 Å². The third-order valence-electron chi connectivity index (χ3n) is 3.62. The molecule has 1 atom stereocenters. The van der Waals surface area contributed by atoms with E-state index in [1.54, 1.807) is 32.2 Å². The molecule has 1 aromatic heterocycles. The van der Waals surface area contributed by atoms with Crippen molar-refractivity contribution in [2.75, 3.05) is 13.2 Å². The second-order valence-electron chi connectivity index (χ2n) is 6.10. The first-order chi connectivity index (χ1) is 13.9. The first-order valence-electron chi connectivity index (χ1n) is 9.44. The minimum atomic E-state index is -0.641. The van der Waals surface area contributed by atoms with Crippen LogP contribution in [0.5, 0.6) is 0 Å². The molecule has 0 amide bonds. The zero-order chi connectivity index (χ0) is 22.2. The summed E-state index contributed by atoms with van der Waals surface area (Å²) in [7, 11) is 0. The number of rotatable bonds is 11. The molecule has 0 saturated carbocycles. The van der Waals surface area contributed by atoms with Crippen LogP contribution in [0.25, 0.3) is 0 Å². The summed E-state index contributed by atoms with van der Waals surface area (Å²) in [5.74, 6) is -1.85. The van der Waals surface area contributed by atoms with Crippen LogP contribution < -0.4 is 0 Å². The van der Waals surface area contributed by atoms with Gasteiger partial charge in [-0.2, -0.15) is 0 Å². The molecule has 0 spiro atoms. The molecule has 0 radical (unpaired) electrons. The highest BCUT2D eigenvalue weighted by Crippen LogP contribution is 2.13. The summed E-state index contributed by atoms with van der Waals surface area (Å²) >= 11 is 0. The molecule has 0 saturated heterocycles. The fraction of sp³-hybridized carbons (Fsp3) is 0.409. The maximum absolute atomic E-state index is 12.1. The molecule has 1 aromatic rings. The van der Waals surface area contributed by atoms with E-state index < -0.39 is 17.9 Å². The number of esters is 2. The van der Waals surface area contributed by atoms with E-state index in [0.717, 1.165) is 0 Å². The average Bonchev–Trinajstić information content (AvgIpc) is 2.75. The molecule has 7 nitrogen and oxygen atoms in total. The lowest BCUT2D eigenvalue weighted by atomic mass is 9.97. The van der Waals surface area contributed by atoms with Crippen LogP contribution in [0.4, 0.5) is 0 Å². The number of Topliss-reactive ketones (excluding diaryl/α,β-unsaturated/α-hetero) is 1. The van der Waals surface area contributed by atoms with Gasteiger partial charge in [-0.15, -0.1) is 0 Å². The molecule has 0 aliphatic rings. The summed E-state index contributed by atoms with van der Waals surface area (Å²) in [5, 5.41) is 0. The molecule has 0 aliphatic carbocycles. The molecule has 0 N–H and O–H groups in total. The minimum Gasteiger partial charge on any atom is -0.462 e. The van der Waals surface area contributed by atoms with Gasteiger partial charge in [0, 0.05) is 36.9 Å². The molecule has 7 heteroatoms. The zero-order valence-electron chi connectivity index (χ0n) is 17.6. The fourth-order valence-electron chi connectivity index (χ4n) is 2.01. The SMILES string of the molecule is C=C/C(=C\N=C)C(=O)OCC(COC(=O)c1cccnc1)CC(=O)C(C)C.CC. The van der Waals surface area contributed by atoms with Crippen LogP contribution in [0.3, 0.4) is 0 Å². The second-order valence-corrected chi connectivity index (χ2v) is 6.10. The van der Waals surface area contributed by atoms with E-state index in [9.17, 15) is 14.4 Å². The highest BCUT2D eigenvalue weighted by molar-refractivity contribution is 5.91. The lowest BCUT2D eigenvalue weighted by Crippen LogP contribution is -2.25. The van der Waals surface area contributed by atoms with Crippen molar-refractivity contribution in [3.8, 4) is 0 Å². The Bertz CT molecular complexity index is 711. The Kier molecular flexibility index (Phi) is 13.3. The molecule has 0 aromatic carbocycles. The quantitative estimate of drug-likeness (QED) is 0.242. The summed E-state index contributed by atoms with van der Waals surface area (Å²) in [6, 6.07) is 3.20. The Balaban J connectivity index is 0.00000379. The summed E-state index contributed by atoms with van der Waals surface area (Å²) in [4.78, 5) is 43.5. The Hall–Kier alpha value is -3.09. The standard InChI is InChI=1S/C20H24N2O5.C2H6/c1-5-16(10-21-4)19(24)26-12-15(9-18(23)14(2)3)13-27-20(25)17-7-6-8-22-11-17;1-2/h5-8,10-11,14-15H,1,4,9,12-13H2,2-3H3;1-2H3/b16-10+;. The van der Waals surface area contributed by atoms with E-state index in [2.05, 4.69) is 23.3 Å². The predicted molar refractivity (Wildman–Crippen MR) is 113 cm³/mol. The molecule has 158 valence electrons. The monoisotopic (exact) mass is 402 g/mol. The number of carbonyl (C=O) groups is 3. The number of hydrogen-bond donors (Lipinski definition) is 0. The smallest absolute Gasteiger partial charge is 0.339 e. The van der Waals surface area contributed by atoms with Gasteiger partial charge >= 0.3 is 11.9 Å². The number of aromatic nitrogens is 1. The number of ketones is 1. The van der Waals surface area contributed by atoms with Gasteiger partial charge in [-0.3, -0.25) is 14.8 Å². The third-order valence-corrected chi connectivity index (χ3v) is 3.62. The van der Waals surface area contributed by atoms with Crippen LogP contribution in [0.15, 0.2) is 53.9 Å². The maximum atomic E-state index is 12.1. The Morgan fingerprint density at radius 1 is 1.21 bits per heavy atom. The molecule has 29 heavy (non-hydrogen) atoms. The van der Waals surface area contributed by atoms with Gasteiger partial charge in [-0.05, 0) is 18.9 Å². The van der Waals surface area contributed by atoms with Crippen molar-refractivity contribution >= 4 is 24.4 Å². The van der Waals surface area contributed by atoms with Gasteiger partial charge in [0.25, 0.3) is 0 Å². The summed E-state index contributed by atoms with van der Waals surface area (Å²) < 4.78 is 10.5. The maximum Gasteiger partial charge on any atom is 0.339 e. The largest absolute Gasteiger partial charge is 0.462 e. The van der Waals surface area contributed by atoms with Crippen molar-refractivity contribution in [2.45, 2.75) is 34.1 Å². The summed E-state index contributed by atoms with van der Waals surface area (Å²) in [6.45, 7) is 14.2. The van der Waals surface area contributed by atoms with E-state index in [0.29, 0.717) is 5.56 Å². The average molecular weight is 402 g/mol. The van der Waals surface area contributed by atoms with Crippen LogP contribution in [-0.4, -0.2) is 42.6 Å².